The van der Waals surface area contributed by atoms with Gasteiger partial charge in [0.05, 0.1) is 23.0 Å². The van der Waals surface area contributed by atoms with E-state index in [0.717, 1.165) is 17.7 Å². The Morgan fingerprint density at radius 3 is 3.00 bits per heavy atom. The lowest BCUT2D eigenvalue weighted by atomic mass is 10.1. The molecule has 1 fully saturated rings. The van der Waals surface area contributed by atoms with Gasteiger partial charge in [-0.3, -0.25) is 4.79 Å². The molecule has 5 heteroatoms. The third kappa shape index (κ3) is 3.43. The van der Waals surface area contributed by atoms with E-state index in [9.17, 15) is 4.79 Å². The van der Waals surface area contributed by atoms with Gasteiger partial charge in [-0.1, -0.05) is 6.42 Å². The van der Waals surface area contributed by atoms with Crippen molar-refractivity contribution in [2.45, 2.75) is 51.2 Å². The number of hydrogen-bond donors (Lipinski definition) is 0. The highest BCUT2D eigenvalue weighted by Crippen LogP contribution is 2.30. The summed E-state index contributed by atoms with van der Waals surface area (Å²) in [5.41, 5.74) is 1.40. The van der Waals surface area contributed by atoms with E-state index in [0.29, 0.717) is 19.0 Å². The van der Waals surface area contributed by atoms with Crippen LogP contribution in [0.3, 0.4) is 0 Å². The molecule has 1 aromatic rings. The molecule has 0 bridgehead atoms. The van der Waals surface area contributed by atoms with Crippen LogP contribution in [0.4, 0.5) is 0 Å². The van der Waals surface area contributed by atoms with Crippen LogP contribution in [-0.2, 0) is 17.6 Å². The Kier molecular flexibility index (Phi) is 4.87. The number of rotatable bonds is 2. The zero-order valence-corrected chi connectivity index (χ0v) is 14.0. The number of ether oxygens (including phenoxy) is 1. The SMILES string of the molecule is CC1CN(C(=O)c2cc3c(s2)CCCCC3)CC(CCl)O1. The third-order valence-corrected chi connectivity index (χ3v) is 5.81. The van der Waals surface area contributed by atoms with Crippen LogP contribution in [0, 0.1) is 0 Å². The van der Waals surface area contributed by atoms with Crippen molar-refractivity contribution in [2.75, 3.05) is 19.0 Å². The van der Waals surface area contributed by atoms with Gasteiger partial charge in [-0.2, -0.15) is 0 Å². The first-order chi connectivity index (χ1) is 10.2. The molecule has 2 heterocycles. The lowest BCUT2D eigenvalue weighted by Gasteiger charge is -2.35. The zero-order chi connectivity index (χ0) is 14.8. The second-order valence-electron chi connectivity index (χ2n) is 6.05. The number of thiophene rings is 1. The molecule has 2 aliphatic rings. The predicted octanol–water partition coefficient (Wildman–Crippen LogP) is 3.49. The van der Waals surface area contributed by atoms with Crippen molar-refractivity contribution in [1.29, 1.82) is 0 Å². The number of aryl methyl sites for hydroxylation is 2. The molecular formula is C16H22ClNO2S. The van der Waals surface area contributed by atoms with Gasteiger partial charge in [-0.15, -0.1) is 22.9 Å². The molecule has 1 aromatic heterocycles. The predicted molar refractivity (Wildman–Crippen MR) is 86.5 cm³/mol. The maximum atomic E-state index is 12.7. The number of halogens is 1. The van der Waals surface area contributed by atoms with Gasteiger partial charge in [-0.05, 0) is 44.2 Å². The average Bonchev–Trinajstić information content (AvgIpc) is 2.76. The van der Waals surface area contributed by atoms with Crippen LogP contribution < -0.4 is 0 Å². The molecule has 3 nitrogen and oxygen atoms in total. The van der Waals surface area contributed by atoms with E-state index in [1.54, 1.807) is 11.3 Å². The Balaban J connectivity index is 1.75. The van der Waals surface area contributed by atoms with Gasteiger partial charge in [0, 0.05) is 18.0 Å². The van der Waals surface area contributed by atoms with Crippen molar-refractivity contribution < 1.29 is 9.53 Å². The number of hydrogen-bond acceptors (Lipinski definition) is 3. The number of carbonyl (C=O) groups excluding carboxylic acids is 1. The fourth-order valence-electron chi connectivity index (χ4n) is 3.22. The summed E-state index contributed by atoms with van der Waals surface area (Å²) in [6.07, 6.45) is 6.09. The van der Waals surface area contributed by atoms with Gasteiger partial charge in [0.25, 0.3) is 5.91 Å². The molecule has 3 rings (SSSR count). The van der Waals surface area contributed by atoms with Crippen LogP contribution in [0.15, 0.2) is 6.07 Å². The summed E-state index contributed by atoms with van der Waals surface area (Å²) >= 11 is 7.60. The number of fused-ring (bicyclic) bond motifs is 1. The van der Waals surface area contributed by atoms with E-state index in [2.05, 4.69) is 6.07 Å². The fourth-order valence-corrected chi connectivity index (χ4v) is 4.62. The largest absolute Gasteiger partial charge is 0.370 e. The lowest BCUT2D eigenvalue weighted by Crippen LogP contribution is -2.49. The van der Waals surface area contributed by atoms with Crippen molar-refractivity contribution in [2.24, 2.45) is 0 Å². The third-order valence-electron chi connectivity index (χ3n) is 4.24. The second kappa shape index (κ2) is 6.67. The molecule has 2 unspecified atom stereocenters. The Morgan fingerprint density at radius 2 is 2.19 bits per heavy atom. The standard InChI is InChI=1S/C16H22ClNO2S/c1-11-9-18(10-13(8-17)20-11)16(19)15-7-12-5-3-2-4-6-14(12)21-15/h7,11,13H,2-6,8-10H2,1H3. The summed E-state index contributed by atoms with van der Waals surface area (Å²) in [5.74, 6) is 0.591. The number of amides is 1. The van der Waals surface area contributed by atoms with Crippen molar-refractivity contribution in [1.82, 2.24) is 4.90 Å². The van der Waals surface area contributed by atoms with Crippen LogP contribution >= 0.6 is 22.9 Å². The molecule has 0 aromatic carbocycles. The van der Waals surface area contributed by atoms with Crippen molar-refractivity contribution in [3.63, 3.8) is 0 Å². The van der Waals surface area contributed by atoms with Crippen molar-refractivity contribution in [3.05, 3.63) is 21.4 Å². The molecular weight excluding hydrogens is 306 g/mol. The topological polar surface area (TPSA) is 29.5 Å². The van der Waals surface area contributed by atoms with Crippen LogP contribution in [0.5, 0.6) is 0 Å². The van der Waals surface area contributed by atoms with Gasteiger partial charge in [-0.25, -0.2) is 0 Å². The second-order valence-corrected chi connectivity index (χ2v) is 7.50. The van der Waals surface area contributed by atoms with E-state index in [1.807, 2.05) is 11.8 Å². The maximum absolute atomic E-state index is 12.7. The molecule has 1 saturated heterocycles. The number of carbonyl (C=O) groups is 1. The van der Waals surface area contributed by atoms with Crippen LogP contribution in [-0.4, -0.2) is 42.0 Å². The molecule has 0 radical (unpaired) electrons. The fraction of sp³-hybridized carbons (Fsp3) is 0.688. The first-order valence-electron chi connectivity index (χ1n) is 7.79. The Hall–Kier alpha value is -0.580. The Bertz CT molecular complexity index is 493. The minimum Gasteiger partial charge on any atom is -0.370 e. The van der Waals surface area contributed by atoms with Gasteiger partial charge in [0.1, 0.15) is 0 Å². The molecule has 21 heavy (non-hydrogen) atoms. The highest BCUT2D eigenvalue weighted by atomic mass is 35.5. The van der Waals surface area contributed by atoms with Crippen LogP contribution in [0.25, 0.3) is 0 Å². The number of nitrogens with zero attached hydrogens (tertiary/aromatic N) is 1. The monoisotopic (exact) mass is 327 g/mol. The summed E-state index contributed by atoms with van der Waals surface area (Å²) in [6.45, 7) is 3.27. The van der Waals surface area contributed by atoms with E-state index in [4.69, 9.17) is 16.3 Å². The van der Waals surface area contributed by atoms with E-state index >= 15 is 0 Å². The summed E-state index contributed by atoms with van der Waals surface area (Å²) in [6, 6.07) is 2.13. The molecule has 0 N–H and O–H groups in total. The van der Waals surface area contributed by atoms with Gasteiger partial charge < -0.3 is 9.64 Å². The quantitative estimate of drug-likeness (QED) is 0.614. The van der Waals surface area contributed by atoms with Gasteiger partial charge in [0.2, 0.25) is 0 Å². The minimum atomic E-state index is -0.0443. The molecule has 1 aliphatic carbocycles. The van der Waals surface area contributed by atoms with Crippen molar-refractivity contribution >= 4 is 28.8 Å². The molecule has 1 aliphatic heterocycles. The maximum Gasteiger partial charge on any atom is 0.264 e. The van der Waals surface area contributed by atoms with E-state index in [-0.39, 0.29) is 18.1 Å². The minimum absolute atomic E-state index is 0.0443. The Labute approximate surface area is 135 Å². The average molecular weight is 328 g/mol. The summed E-state index contributed by atoms with van der Waals surface area (Å²) in [4.78, 5) is 17.0. The smallest absolute Gasteiger partial charge is 0.264 e. The Morgan fingerprint density at radius 1 is 1.38 bits per heavy atom. The molecule has 2 atom stereocenters. The molecule has 0 spiro atoms. The molecule has 116 valence electrons. The van der Waals surface area contributed by atoms with Gasteiger partial charge >= 0.3 is 0 Å². The molecule has 0 saturated carbocycles. The lowest BCUT2D eigenvalue weighted by molar-refractivity contribution is -0.0569. The van der Waals surface area contributed by atoms with E-state index < -0.39 is 0 Å². The summed E-state index contributed by atoms with van der Waals surface area (Å²) < 4.78 is 5.73. The summed E-state index contributed by atoms with van der Waals surface area (Å²) in [7, 11) is 0. The normalized spacial score (nSPS) is 26.3. The number of morpholine rings is 1. The number of alkyl halides is 1. The van der Waals surface area contributed by atoms with Crippen molar-refractivity contribution in [3.8, 4) is 0 Å². The highest BCUT2D eigenvalue weighted by Gasteiger charge is 2.29. The molecule has 1 amide bonds. The summed E-state index contributed by atoms with van der Waals surface area (Å²) in [5, 5.41) is 0. The van der Waals surface area contributed by atoms with Crippen LogP contribution in [0.1, 0.15) is 46.3 Å². The van der Waals surface area contributed by atoms with Gasteiger partial charge in [0.15, 0.2) is 0 Å². The first-order valence-corrected chi connectivity index (χ1v) is 9.14. The van der Waals surface area contributed by atoms with Crippen LogP contribution in [0.2, 0.25) is 0 Å². The zero-order valence-electron chi connectivity index (χ0n) is 12.4. The first kappa shape index (κ1) is 15.3. The highest BCUT2D eigenvalue weighted by molar-refractivity contribution is 7.14. The van der Waals surface area contributed by atoms with E-state index in [1.165, 1.54) is 29.7 Å².